The first kappa shape index (κ1) is 21.1. The van der Waals surface area contributed by atoms with Crippen molar-refractivity contribution < 1.29 is 13.9 Å². The average molecular weight is 455 g/mol. The molecule has 1 heterocycles. The van der Waals surface area contributed by atoms with Gasteiger partial charge in [-0.15, -0.1) is 0 Å². The van der Waals surface area contributed by atoms with Crippen molar-refractivity contribution in [2.24, 2.45) is 5.10 Å². The normalized spacial score (nSPS) is 14.8. The van der Waals surface area contributed by atoms with Crippen LogP contribution in [0.25, 0.3) is 6.08 Å². The molecule has 0 atom stereocenters. The summed E-state index contributed by atoms with van der Waals surface area (Å²) in [6.45, 7) is 1.86. The number of carbonyl (C=O) groups excluding carboxylic acids is 1. The average Bonchev–Trinajstić information content (AvgIpc) is 3.02. The Balaban J connectivity index is 1.67. The van der Waals surface area contributed by atoms with E-state index in [1.165, 1.54) is 17.1 Å². The van der Waals surface area contributed by atoms with Crippen LogP contribution in [-0.4, -0.2) is 11.6 Å². The van der Waals surface area contributed by atoms with E-state index >= 15 is 0 Å². The summed E-state index contributed by atoms with van der Waals surface area (Å²) in [4.78, 5) is 13.0. The molecule has 3 aromatic rings. The van der Waals surface area contributed by atoms with Crippen molar-refractivity contribution in [3.63, 3.8) is 0 Å². The number of nitrogens with zero attached hydrogens (tertiary/aromatic N) is 2. The van der Waals surface area contributed by atoms with Gasteiger partial charge in [0.05, 0.1) is 22.0 Å². The molecule has 156 valence electrons. The Bertz CT molecular complexity index is 1210. The zero-order valence-electron chi connectivity index (χ0n) is 16.5. The zero-order valence-corrected chi connectivity index (χ0v) is 18.0. The smallest absolute Gasteiger partial charge is 0.280 e. The van der Waals surface area contributed by atoms with Crippen LogP contribution < -0.4 is 9.75 Å². The number of anilines is 1. The third kappa shape index (κ3) is 4.63. The Morgan fingerprint density at radius 1 is 1.06 bits per heavy atom. The third-order valence-corrected chi connectivity index (χ3v) is 5.17. The van der Waals surface area contributed by atoms with Gasteiger partial charge in [0.1, 0.15) is 18.2 Å². The Morgan fingerprint density at radius 3 is 2.58 bits per heavy atom. The fourth-order valence-electron chi connectivity index (χ4n) is 3.21. The van der Waals surface area contributed by atoms with Gasteiger partial charge in [-0.3, -0.25) is 4.79 Å². The maximum atomic E-state index is 13.5. The van der Waals surface area contributed by atoms with Crippen molar-refractivity contribution in [1.29, 1.82) is 0 Å². The number of ether oxygens (including phenoxy) is 1. The van der Waals surface area contributed by atoms with Gasteiger partial charge < -0.3 is 4.74 Å². The van der Waals surface area contributed by atoms with Crippen molar-refractivity contribution in [2.75, 3.05) is 5.01 Å². The fourth-order valence-corrected chi connectivity index (χ4v) is 3.77. The van der Waals surface area contributed by atoms with Crippen molar-refractivity contribution in [1.82, 2.24) is 0 Å². The van der Waals surface area contributed by atoms with E-state index in [4.69, 9.17) is 27.9 Å². The molecular formula is C24H17Cl2FN2O2. The summed E-state index contributed by atoms with van der Waals surface area (Å²) < 4.78 is 19.4. The standard InChI is InChI=1S/C24H17Cl2FN2O2/c1-15-21(24(30)29(28-15)20-8-3-2-4-9-20)12-17-11-18(25)13-22(26)23(17)31-14-16-6-5-7-19(27)10-16/h2-13H,14H2,1H3/b21-12+. The van der Waals surface area contributed by atoms with E-state index in [9.17, 15) is 9.18 Å². The van der Waals surface area contributed by atoms with Gasteiger partial charge in [0.15, 0.2) is 0 Å². The number of carbonyl (C=O) groups is 1. The third-order valence-electron chi connectivity index (χ3n) is 4.67. The molecular weight excluding hydrogens is 438 g/mol. The minimum Gasteiger partial charge on any atom is -0.487 e. The molecule has 3 aromatic carbocycles. The summed E-state index contributed by atoms with van der Waals surface area (Å²) in [5.41, 5.74) is 2.80. The maximum Gasteiger partial charge on any atom is 0.280 e. The lowest BCUT2D eigenvalue weighted by atomic mass is 10.1. The molecule has 4 rings (SSSR count). The lowest BCUT2D eigenvalue weighted by Crippen LogP contribution is -2.21. The molecule has 0 spiro atoms. The van der Waals surface area contributed by atoms with Crippen LogP contribution in [0.1, 0.15) is 18.1 Å². The highest BCUT2D eigenvalue weighted by atomic mass is 35.5. The molecule has 0 saturated carbocycles. The van der Waals surface area contributed by atoms with Crippen LogP contribution in [0.4, 0.5) is 10.1 Å². The lowest BCUT2D eigenvalue weighted by molar-refractivity contribution is -0.114. The van der Waals surface area contributed by atoms with Crippen LogP contribution in [0, 0.1) is 5.82 Å². The van der Waals surface area contributed by atoms with Gasteiger partial charge in [-0.05, 0) is 55.0 Å². The van der Waals surface area contributed by atoms with Gasteiger partial charge in [0.25, 0.3) is 5.91 Å². The maximum absolute atomic E-state index is 13.5. The molecule has 0 aliphatic carbocycles. The van der Waals surface area contributed by atoms with E-state index in [1.54, 1.807) is 49.4 Å². The van der Waals surface area contributed by atoms with Crippen molar-refractivity contribution in [3.8, 4) is 5.75 Å². The summed E-state index contributed by atoms with van der Waals surface area (Å²) in [6, 6.07) is 18.5. The molecule has 0 fully saturated rings. The van der Waals surface area contributed by atoms with Gasteiger partial charge >= 0.3 is 0 Å². The van der Waals surface area contributed by atoms with E-state index in [0.717, 1.165) is 0 Å². The minimum absolute atomic E-state index is 0.104. The number of rotatable bonds is 5. The van der Waals surface area contributed by atoms with Crippen molar-refractivity contribution >= 4 is 46.6 Å². The van der Waals surface area contributed by atoms with Crippen LogP contribution >= 0.6 is 23.2 Å². The summed E-state index contributed by atoms with van der Waals surface area (Å²) >= 11 is 12.6. The predicted molar refractivity (Wildman–Crippen MR) is 122 cm³/mol. The summed E-state index contributed by atoms with van der Waals surface area (Å²) in [6.07, 6.45) is 1.66. The van der Waals surface area contributed by atoms with E-state index in [-0.39, 0.29) is 23.4 Å². The molecule has 0 unspecified atom stereocenters. The topological polar surface area (TPSA) is 41.9 Å². The SMILES string of the molecule is CC1=NN(c2ccccc2)C(=O)/C1=C/c1cc(Cl)cc(Cl)c1OCc1cccc(F)c1. The number of hydrogen-bond acceptors (Lipinski definition) is 3. The second-order valence-electron chi connectivity index (χ2n) is 6.92. The van der Waals surface area contributed by atoms with Crippen molar-refractivity contribution in [3.05, 3.63) is 99.3 Å². The molecule has 0 radical (unpaired) electrons. The first-order valence-electron chi connectivity index (χ1n) is 9.45. The first-order chi connectivity index (χ1) is 14.9. The molecule has 0 saturated heterocycles. The van der Waals surface area contributed by atoms with Crippen LogP contribution in [0.2, 0.25) is 10.0 Å². The predicted octanol–water partition coefficient (Wildman–Crippen LogP) is 6.52. The molecule has 0 N–H and O–H groups in total. The van der Waals surface area contributed by atoms with Gasteiger partial charge in [-0.2, -0.15) is 10.1 Å². The van der Waals surface area contributed by atoms with Crippen LogP contribution in [-0.2, 0) is 11.4 Å². The largest absolute Gasteiger partial charge is 0.487 e. The Kier molecular flexibility index (Phi) is 6.07. The van der Waals surface area contributed by atoms with Gasteiger partial charge in [-0.1, -0.05) is 53.5 Å². The van der Waals surface area contributed by atoms with Gasteiger partial charge in [0.2, 0.25) is 0 Å². The van der Waals surface area contributed by atoms with Crippen molar-refractivity contribution in [2.45, 2.75) is 13.5 Å². The first-order valence-corrected chi connectivity index (χ1v) is 10.2. The fraction of sp³-hybridized carbons (Fsp3) is 0.0833. The molecule has 4 nitrogen and oxygen atoms in total. The van der Waals surface area contributed by atoms with Crippen LogP contribution in [0.3, 0.4) is 0 Å². The zero-order chi connectivity index (χ0) is 22.0. The monoisotopic (exact) mass is 454 g/mol. The Hall–Kier alpha value is -3.15. The molecule has 1 aliphatic rings. The minimum atomic E-state index is -0.352. The van der Waals surface area contributed by atoms with Gasteiger partial charge in [-0.25, -0.2) is 4.39 Å². The van der Waals surface area contributed by atoms with Crippen LogP contribution in [0.15, 0.2) is 77.4 Å². The number of hydrazone groups is 1. The number of hydrogen-bond donors (Lipinski definition) is 0. The number of para-hydroxylation sites is 1. The van der Waals surface area contributed by atoms with E-state index < -0.39 is 0 Å². The lowest BCUT2D eigenvalue weighted by Gasteiger charge is -2.13. The Morgan fingerprint density at radius 2 is 1.84 bits per heavy atom. The molecule has 0 bridgehead atoms. The molecule has 7 heteroatoms. The highest BCUT2D eigenvalue weighted by Crippen LogP contribution is 2.36. The Labute approximate surface area is 189 Å². The van der Waals surface area contributed by atoms with Gasteiger partial charge in [0, 0.05) is 10.6 Å². The van der Waals surface area contributed by atoms with E-state index in [1.807, 2.05) is 18.2 Å². The van der Waals surface area contributed by atoms with E-state index in [0.29, 0.717) is 38.9 Å². The highest BCUT2D eigenvalue weighted by Gasteiger charge is 2.29. The molecule has 1 amide bonds. The number of halogens is 3. The van der Waals surface area contributed by atoms with E-state index in [2.05, 4.69) is 5.10 Å². The number of benzene rings is 3. The second-order valence-corrected chi connectivity index (χ2v) is 7.76. The summed E-state index contributed by atoms with van der Waals surface area (Å²) in [5.74, 6) is -0.271. The second kappa shape index (κ2) is 8.92. The molecule has 31 heavy (non-hydrogen) atoms. The number of amides is 1. The van der Waals surface area contributed by atoms with Crippen LogP contribution in [0.5, 0.6) is 5.75 Å². The summed E-state index contributed by atoms with van der Waals surface area (Å²) in [7, 11) is 0. The quantitative estimate of drug-likeness (QED) is 0.411. The highest BCUT2D eigenvalue weighted by molar-refractivity contribution is 6.36. The molecule has 1 aliphatic heterocycles. The molecule has 0 aromatic heterocycles. The summed E-state index contributed by atoms with van der Waals surface area (Å²) in [5, 5.41) is 6.41.